The molecule has 26 heavy (non-hydrogen) atoms. The summed E-state index contributed by atoms with van der Waals surface area (Å²) in [6.45, 7) is 3.18. The first kappa shape index (κ1) is 17.3. The van der Waals surface area contributed by atoms with Gasteiger partial charge in [-0.3, -0.25) is 9.59 Å². The van der Waals surface area contributed by atoms with Crippen LogP contribution in [-0.2, 0) is 0 Å². The molecule has 5 heteroatoms. The minimum absolute atomic E-state index is 0.0553. The van der Waals surface area contributed by atoms with Gasteiger partial charge in [-0.25, -0.2) is 0 Å². The summed E-state index contributed by atoms with van der Waals surface area (Å²) in [6.07, 6.45) is 6.26. The second-order valence-corrected chi connectivity index (χ2v) is 7.78. The van der Waals surface area contributed by atoms with Crippen LogP contribution in [0.2, 0.25) is 0 Å². The molecule has 2 atom stereocenters. The van der Waals surface area contributed by atoms with Gasteiger partial charge in [0, 0.05) is 36.6 Å². The molecule has 0 unspecified atom stereocenters. The number of carbonyl (C=O) groups is 1. The number of H-pyrrole nitrogens is 1. The quantitative estimate of drug-likeness (QED) is 0.923. The molecule has 3 heterocycles. The zero-order valence-electron chi connectivity index (χ0n) is 15.4. The van der Waals surface area contributed by atoms with Crippen molar-refractivity contribution in [3.63, 3.8) is 0 Å². The summed E-state index contributed by atoms with van der Waals surface area (Å²) in [6, 6.07) is 9.57. The van der Waals surface area contributed by atoms with Crippen molar-refractivity contribution in [2.24, 2.45) is 5.92 Å². The van der Waals surface area contributed by atoms with Crippen LogP contribution in [0.25, 0.3) is 10.9 Å². The monoisotopic (exact) mass is 353 g/mol. The third-order valence-electron chi connectivity index (χ3n) is 6.06. The third kappa shape index (κ3) is 3.28. The smallest absolute Gasteiger partial charge is 0.254 e. The summed E-state index contributed by atoms with van der Waals surface area (Å²) in [7, 11) is 1.88. The van der Waals surface area contributed by atoms with E-state index in [1.165, 1.54) is 51.3 Å². The van der Waals surface area contributed by atoms with E-state index in [0.717, 1.165) is 11.9 Å². The average molecular weight is 353 g/mol. The van der Waals surface area contributed by atoms with Crippen LogP contribution in [0.4, 0.5) is 0 Å². The van der Waals surface area contributed by atoms with Gasteiger partial charge in [0.1, 0.15) is 0 Å². The Morgan fingerprint density at radius 2 is 2.00 bits per heavy atom. The van der Waals surface area contributed by atoms with Crippen molar-refractivity contribution in [2.75, 3.05) is 26.7 Å². The van der Waals surface area contributed by atoms with Crippen molar-refractivity contribution < 1.29 is 4.79 Å². The molecular weight excluding hydrogens is 326 g/mol. The van der Waals surface area contributed by atoms with Gasteiger partial charge in [-0.2, -0.15) is 0 Å². The van der Waals surface area contributed by atoms with E-state index >= 15 is 0 Å². The Labute approximate surface area is 154 Å². The molecule has 1 aromatic carbocycles. The highest BCUT2D eigenvalue weighted by molar-refractivity contribution is 6.05. The van der Waals surface area contributed by atoms with Crippen molar-refractivity contribution in [3.05, 3.63) is 46.2 Å². The first-order valence-electron chi connectivity index (χ1n) is 9.75. The Morgan fingerprint density at radius 1 is 1.19 bits per heavy atom. The van der Waals surface area contributed by atoms with E-state index in [9.17, 15) is 9.59 Å². The van der Waals surface area contributed by atoms with Crippen molar-refractivity contribution >= 4 is 16.8 Å². The number of benzene rings is 1. The van der Waals surface area contributed by atoms with E-state index in [1.807, 2.05) is 36.2 Å². The number of para-hydroxylation sites is 1. The molecule has 2 aromatic rings. The number of pyridine rings is 1. The van der Waals surface area contributed by atoms with Crippen LogP contribution in [0, 0.1) is 5.92 Å². The summed E-state index contributed by atoms with van der Waals surface area (Å²) in [5.74, 6) is 0.478. The molecular formula is C21H27N3O2. The summed E-state index contributed by atoms with van der Waals surface area (Å²) < 4.78 is 0. The molecule has 0 bridgehead atoms. The van der Waals surface area contributed by atoms with Crippen LogP contribution in [-0.4, -0.2) is 53.4 Å². The topological polar surface area (TPSA) is 56.4 Å². The van der Waals surface area contributed by atoms with Crippen LogP contribution >= 0.6 is 0 Å². The predicted octanol–water partition coefficient (Wildman–Crippen LogP) is 2.86. The van der Waals surface area contributed by atoms with Crippen molar-refractivity contribution in [1.29, 1.82) is 0 Å². The van der Waals surface area contributed by atoms with Gasteiger partial charge in [0.25, 0.3) is 5.91 Å². The third-order valence-corrected chi connectivity index (χ3v) is 6.06. The van der Waals surface area contributed by atoms with Gasteiger partial charge >= 0.3 is 0 Å². The van der Waals surface area contributed by atoms with Crippen LogP contribution in [0.1, 0.15) is 42.5 Å². The molecule has 2 aliphatic heterocycles. The number of hydrogen-bond acceptors (Lipinski definition) is 3. The highest BCUT2D eigenvalue weighted by atomic mass is 16.2. The maximum absolute atomic E-state index is 13.1. The lowest BCUT2D eigenvalue weighted by Crippen LogP contribution is -2.51. The van der Waals surface area contributed by atoms with E-state index in [2.05, 4.69) is 9.88 Å². The molecule has 0 saturated carbocycles. The van der Waals surface area contributed by atoms with Crippen LogP contribution in [0.3, 0.4) is 0 Å². The number of nitrogens with zero attached hydrogens (tertiary/aromatic N) is 2. The second-order valence-electron chi connectivity index (χ2n) is 7.78. The number of hydrogen-bond donors (Lipinski definition) is 1. The number of aromatic nitrogens is 1. The predicted molar refractivity (Wildman–Crippen MR) is 103 cm³/mol. The van der Waals surface area contributed by atoms with E-state index in [0.29, 0.717) is 23.0 Å². The lowest BCUT2D eigenvalue weighted by molar-refractivity contribution is 0.0403. The van der Waals surface area contributed by atoms with Gasteiger partial charge in [0.2, 0.25) is 5.56 Å². The number of rotatable bonds is 3. The van der Waals surface area contributed by atoms with E-state index in [1.54, 1.807) is 0 Å². The zero-order valence-corrected chi connectivity index (χ0v) is 15.4. The average Bonchev–Trinajstić information content (AvgIpc) is 2.67. The minimum Gasteiger partial charge on any atom is -0.341 e. The largest absolute Gasteiger partial charge is 0.341 e. The Hall–Kier alpha value is -2.14. The van der Waals surface area contributed by atoms with Gasteiger partial charge in [-0.1, -0.05) is 24.6 Å². The molecule has 2 saturated heterocycles. The summed E-state index contributed by atoms with van der Waals surface area (Å²) in [5, 5.41) is 0.812. The van der Waals surface area contributed by atoms with E-state index < -0.39 is 0 Å². The normalized spacial score (nSPS) is 23.6. The van der Waals surface area contributed by atoms with E-state index in [-0.39, 0.29) is 11.5 Å². The molecule has 2 fully saturated rings. The summed E-state index contributed by atoms with van der Waals surface area (Å²) in [5.41, 5.74) is 0.993. The number of fused-ring (bicyclic) bond motifs is 2. The Kier molecular flexibility index (Phi) is 4.81. The highest BCUT2D eigenvalue weighted by Gasteiger charge is 2.34. The number of aromatic amines is 1. The molecule has 0 spiro atoms. The fraction of sp³-hybridized carbons (Fsp3) is 0.524. The van der Waals surface area contributed by atoms with E-state index in [4.69, 9.17) is 0 Å². The molecule has 138 valence electrons. The number of piperidine rings is 2. The molecule has 4 rings (SSSR count). The molecule has 5 nitrogen and oxygen atoms in total. The number of carbonyl (C=O) groups excluding carboxylic acids is 1. The van der Waals surface area contributed by atoms with Crippen LogP contribution < -0.4 is 5.56 Å². The Morgan fingerprint density at radius 3 is 2.88 bits per heavy atom. The maximum atomic E-state index is 13.1. The van der Waals surface area contributed by atoms with Crippen molar-refractivity contribution in [1.82, 2.24) is 14.8 Å². The lowest BCUT2D eigenvalue weighted by Gasteiger charge is -2.45. The van der Waals surface area contributed by atoms with Gasteiger partial charge in [0.05, 0.1) is 5.56 Å². The van der Waals surface area contributed by atoms with Crippen molar-refractivity contribution in [2.45, 2.75) is 38.1 Å². The fourth-order valence-corrected chi connectivity index (χ4v) is 4.81. The van der Waals surface area contributed by atoms with Gasteiger partial charge < -0.3 is 14.8 Å². The number of amides is 1. The first-order valence-corrected chi connectivity index (χ1v) is 9.75. The highest BCUT2D eigenvalue weighted by Crippen LogP contribution is 2.31. The van der Waals surface area contributed by atoms with Gasteiger partial charge in [-0.15, -0.1) is 0 Å². The maximum Gasteiger partial charge on any atom is 0.254 e. The van der Waals surface area contributed by atoms with Crippen LogP contribution in [0.15, 0.2) is 35.1 Å². The molecule has 1 amide bonds. The molecule has 0 radical (unpaired) electrons. The Bertz CT molecular complexity index is 858. The SMILES string of the molecule is CN(C[C@H]1CCCN2CCCC[C@@H]12)C(=O)c1cc(=O)[nH]c2ccccc12. The molecule has 2 aliphatic rings. The number of nitrogens with one attached hydrogen (secondary N) is 1. The van der Waals surface area contributed by atoms with Crippen molar-refractivity contribution in [3.8, 4) is 0 Å². The molecule has 0 aliphatic carbocycles. The molecule has 1 aromatic heterocycles. The first-order chi connectivity index (χ1) is 12.6. The Balaban J connectivity index is 1.56. The summed E-state index contributed by atoms with van der Waals surface area (Å²) >= 11 is 0. The lowest BCUT2D eigenvalue weighted by atomic mass is 9.83. The minimum atomic E-state index is -0.225. The second kappa shape index (κ2) is 7.23. The summed E-state index contributed by atoms with van der Waals surface area (Å²) in [4.78, 5) is 32.3. The fourth-order valence-electron chi connectivity index (χ4n) is 4.81. The molecule has 1 N–H and O–H groups in total. The van der Waals surface area contributed by atoms with Gasteiger partial charge in [-0.05, 0) is 50.8 Å². The zero-order chi connectivity index (χ0) is 18.1. The standard InChI is InChI=1S/C21H27N3O2/c1-23(14-15-7-6-12-24-11-5-4-10-19(15)24)21(26)17-13-20(25)22-18-9-3-2-8-16(17)18/h2-3,8-9,13,15,19H,4-7,10-12,14H2,1H3,(H,22,25)/t15-,19+/m1/s1. The van der Waals surface area contributed by atoms with Gasteiger partial charge in [0.15, 0.2) is 0 Å². The van der Waals surface area contributed by atoms with Crippen LogP contribution in [0.5, 0.6) is 0 Å².